The second kappa shape index (κ2) is 11.9. The zero-order chi connectivity index (χ0) is 26.4. The van der Waals surface area contributed by atoms with E-state index in [9.17, 15) is 22.8 Å². The Labute approximate surface area is 216 Å². The van der Waals surface area contributed by atoms with Crippen molar-refractivity contribution in [2.24, 2.45) is 4.99 Å². The first kappa shape index (κ1) is 26.2. The molecule has 0 aromatic heterocycles. The van der Waals surface area contributed by atoms with E-state index >= 15 is 0 Å². The van der Waals surface area contributed by atoms with Crippen molar-refractivity contribution < 1.29 is 22.8 Å². The van der Waals surface area contributed by atoms with Gasteiger partial charge in [0.15, 0.2) is 11.6 Å². The van der Waals surface area contributed by atoms with Gasteiger partial charge in [-0.15, -0.1) is 0 Å². The van der Waals surface area contributed by atoms with Crippen molar-refractivity contribution >= 4 is 35.1 Å². The van der Waals surface area contributed by atoms with Crippen molar-refractivity contribution in [3.63, 3.8) is 0 Å². The Bertz CT molecular complexity index is 1290. The maximum absolute atomic E-state index is 13.9. The maximum atomic E-state index is 13.9. The largest absolute Gasteiger partial charge is 0.353 e. The highest BCUT2D eigenvalue weighted by Crippen LogP contribution is 2.21. The third-order valence-corrected chi connectivity index (χ3v) is 6.16. The Morgan fingerprint density at radius 3 is 2.11 bits per heavy atom. The average Bonchev–Trinajstić information content (AvgIpc) is 2.86. The molecule has 1 fully saturated rings. The lowest BCUT2D eigenvalue weighted by atomic mass is 9.91. The molecular weight excluding hydrogens is 505 g/mol. The van der Waals surface area contributed by atoms with Gasteiger partial charge in [0.05, 0.1) is 0 Å². The number of halogens is 4. The molecule has 3 aromatic carbocycles. The van der Waals surface area contributed by atoms with E-state index in [1.165, 1.54) is 12.1 Å². The number of hydrogen-bond donors (Lipinski definition) is 3. The van der Waals surface area contributed by atoms with Crippen LogP contribution in [-0.2, 0) is 0 Å². The molecule has 0 bridgehead atoms. The summed E-state index contributed by atoms with van der Waals surface area (Å²) in [7, 11) is 0. The topological polar surface area (TPSA) is 82.6 Å². The lowest BCUT2D eigenvalue weighted by Crippen LogP contribution is -2.45. The van der Waals surface area contributed by atoms with E-state index in [2.05, 4.69) is 20.9 Å². The molecule has 0 heterocycles. The summed E-state index contributed by atoms with van der Waals surface area (Å²) < 4.78 is 40.8. The molecule has 3 aromatic rings. The summed E-state index contributed by atoms with van der Waals surface area (Å²) in [6.45, 7) is 0. The van der Waals surface area contributed by atoms with Gasteiger partial charge in [0.25, 0.3) is 11.8 Å². The standard InChI is InChI=1S/C27H24ClF3N4O2/c28-18-13-19(29)15-22(14-18)34-27(35-26(37)17-6-11-23(30)24(31)12-17)33-21-9-7-20(8-10-21)32-25(36)16-4-2-1-3-5-16/h1-6,11-15,20-21H,7-10H2,(H,32,36)(H2,33,34,35,37)/t20-,21-. The van der Waals surface area contributed by atoms with Crippen LogP contribution in [0.15, 0.2) is 71.7 Å². The molecule has 4 rings (SSSR count). The molecule has 1 saturated carbocycles. The summed E-state index contributed by atoms with van der Waals surface area (Å²) in [5.74, 6) is -3.79. The second-order valence-corrected chi connectivity index (χ2v) is 9.15. The number of hydrogen-bond acceptors (Lipinski definition) is 2. The second-order valence-electron chi connectivity index (χ2n) is 8.71. The van der Waals surface area contributed by atoms with Gasteiger partial charge >= 0.3 is 0 Å². The van der Waals surface area contributed by atoms with Gasteiger partial charge in [-0.2, -0.15) is 4.99 Å². The molecule has 6 nitrogen and oxygen atoms in total. The van der Waals surface area contributed by atoms with Crippen LogP contribution in [0, 0.1) is 17.5 Å². The molecule has 1 aliphatic rings. The number of aliphatic imine (C=N–C) groups is 1. The van der Waals surface area contributed by atoms with Gasteiger partial charge in [-0.1, -0.05) is 29.8 Å². The van der Waals surface area contributed by atoms with Gasteiger partial charge in [0.1, 0.15) is 5.82 Å². The Balaban J connectivity index is 1.45. The molecule has 0 spiro atoms. The minimum atomic E-state index is -1.17. The number of benzene rings is 3. The first-order valence-corrected chi connectivity index (χ1v) is 12.1. The number of nitrogens with one attached hydrogen (secondary N) is 3. The van der Waals surface area contributed by atoms with Crippen LogP contribution in [0.25, 0.3) is 0 Å². The number of guanidine groups is 1. The highest BCUT2D eigenvalue weighted by molar-refractivity contribution is 6.31. The third kappa shape index (κ3) is 7.33. The van der Waals surface area contributed by atoms with Gasteiger partial charge in [0, 0.05) is 33.9 Å². The molecule has 10 heteroatoms. The number of nitrogens with zero attached hydrogens (tertiary/aromatic N) is 1. The molecule has 2 amide bonds. The molecule has 0 unspecified atom stereocenters. The smallest absolute Gasteiger partial charge is 0.280 e. The molecule has 0 atom stereocenters. The monoisotopic (exact) mass is 528 g/mol. The summed E-state index contributed by atoms with van der Waals surface area (Å²) in [5, 5.41) is 9.18. The van der Waals surface area contributed by atoms with Crippen LogP contribution in [0.1, 0.15) is 46.4 Å². The molecule has 3 N–H and O–H groups in total. The van der Waals surface area contributed by atoms with Gasteiger partial charge in [-0.25, -0.2) is 13.2 Å². The third-order valence-electron chi connectivity index (χ3n) is 5.94. The number of rotatable bonds is 5. The molecule has 37 heavy (non-hydrogen) atoms. The predicted molar refractivity (Wildman–Crippen MR) is 136 cm³/mol. The fourth-order valence-corrected chi connectivity index (χ4v) is 4.31. The predicted octanol–water partition coefficient (Wildman–Crippen LogP) is 5.70. The minimum absolute atomic E-state index is 0.00757. The number of anilines is 1. The minimum Gasteiger partial charge on any atom is -0.353 e. The first-order chi connectivity index (χ1) is 17.8. The number of amides is 2. The highest BCUT2D eigenvalue weighted by atomic mass is 35.5. The van der Waals surface area contributed by atoms with E-state index in [0.29, 0.717) is 31.2 Å². The maximum Gasteiger partial charge on any atom is 0.280 e. The van der Waals surface area contributed by atoms with E-state index in [1.54, 1.807) is 24.3 Å². The normalized spacial score (nSPS) is 17.7. The molecule has 192 valence electrons. The fraction of sp³-hybridized carbons (Fsp3) is 0.222. The van der Waals surface area contributed by atoms with Crippen molar-refractivity contribution in [3.05, 3.63) is 100 Å². The summed E-state index contributed by atoms with van der Waals surface area (Å²) in [6, 6.07) is 15.3. The lowest BCUT2D eigenvalue weighted by Gasteiger charge is -2.30. The SMILES string of the molecule is O=C(/N=C(/Nc1cc(F)cc(Cl)c1)N[C@H]1CC[C@H](NC(=O)c2ccccc2)CC1)c1ccc(F)c(F)c1. The summed E-state index contributed by atoms with van der Waals surface area (Å²) in [6.07, 6.45) is 2.69. The Morgan fingerprint density at radius 2 is 1.46 bits per heavy atom. The summed E-state index contributed by atoms with van der Waals surface area (Å²) in [4.78, 5) is 29.1. The Hall–Kier alpha value is -3.85. The molecular formula is C27H24ClF3N4O2. The van der Waals surface area contributed by atoms with Crippen molar-refractivity contribution in [2.45, 2.75) is 37.8 Å². The Morgan fingerprint density at radius 1 is 0.784 bits per heavy atom. The van der Waals surface area contributed by atoms with Gasteiger partial charge < -0.3 is 16.0 Å². The highest BCUT2D eigenvalue weighted by Gasteiger charge is 2.24. The van der Waals surface area contributed by atoms with E-state index in [-0.39, 0.29) is 40.2 Å². The lowest BCUT2D eigenvalue weighted by molar-refractivity contribution is 0.0923. The average molecular weight is 529 g/mol. The molecule has 0 aliphatic heterocycles. The first-order valence-electron chi connectivity index (χ1n) is 11.7. The fourth-order valence-electron chi connectivity index (χ4n) is 4.09. The van der Waals surface area contributed by atoms with Crippen molar-refractivity contribution in [1.29, 1.82) is 0 Å². The molecule has 1 aliphatic carbocycles. The van der Waals surface area contributed by atoms with Crippen LogP contribution in [0.5, 0.6) is 0 Å². The quantitative estimate of drug-likeness (QED) is 0.293. The zero-order valence-electron chi connectivity index (χ0n) is 19.6. The van der Waals surface area contributed by atoms with Crippen LogP contribution in [-0.4, -0.2) is 29.9 Å². The van der Waals surface area contributed by atoms with Gasteiger partial charge in [-0.3, -0.25) is 9.59 Å². The van der Waals surface area contributed by atoms with Crippen LogP contribution in [0.2, 0.25) is 5.02 Å². The van der Waals surface area contributed by atoms with Crippen molar-refractivity contribution in [1.82, 2.24) is 10.6 Å². The van der Waals surface area contributed by atoms with Crippen LogP contribution < -0.4 is 16.0 Å². The summed E-state index contributed by atoms with van der Waals surface area (Å²) in [5.41, 5.74) is 0.689. The zero-order valence-corrected chi connectivity index (χ0v) is 20.4. The Kier molecular flexibility index (Phi) is 8.45. The van der Waals surface area contributed by atoms with E-state index in [0.717, 1.165) is 24.3 Å². The van der Waals surface area contributed by atoms with E-state index in [4.69, 9.17) is 11.6 Å². The van der Waals surface area contributed by atoms with Crippen LogP contribution in [0.4, 0.5) is 18.9 Å². The molecule has 0 radical (unpaired) electrons. The van der Waals surface area contributed by atoms with E-state index in [1.807, 2.05) is 6.07 Å². The summed E-state index contributed by atoms with van der Waals surface area (Å²) >= 11 is 5.94. The molecule has 0 saturated heterocycles. The van der Waals surface area contributed by atoms with Crippen molar-refractivity contribution in [2.75, 3.05) is 5.32 Å². The van der Waals surface area contributed by atoms with Crippen LogP contribution in [0.3, 0.4) is 0 Å². The number of carbonyl (C=O) groups is 2. The number of carbonyl (C=O) groups excluding carboxylic acids is 2. The van der Waals surface area contributed by atoms with Crippen LogP contribution >= 0.6 is 11.6 Å². The van der Waals surface area contributed by atoms with Crippen molar-refractivity contribution in [3.8, 4) is 0 Å². The van der Waals surface area contributed by atoms with Gasteiger partial charge in [-0.05, 0) is 74.2 Å². The van der Waals surface area contributed by atoms with Gasteiger partial charge in [0.2, 0.25) is 5.96 Å². The van der Waals surface area contributed by atoms with E-state index < -0.39 is 23.4 Å².